The summed E-state index contributed by atoms with van der Waals surface area (Å²) in [4.78, 5) is 10.5. The molecular weight excluding hydrogens is 215 g/mol. The van der Waals surface area contributed by atoms with Crippen LogP contribution in [0.3, 0.4) is 0 Å². The van der Waals surface area contributed by atoms with Crippen molar-refractivity contribution in [1.29, 1.82) is 0 Å². The number of halogens is 1. The standard InChI is InChI=1S/C10H13FN2O3/c11-5-1-2-6(7(12)3-5)9(14)4-8(13)10(15)16/h1-3,8-9,14H,4,12-13H2,(H,15,16)/t8-,9-/m0/s1. The number of benzene rings is 1. The lowest BCUT2D eigenvalue weighted by Crippen LogP contribution is -2.32. The van der Waals surface area contributed by atoms with Crippen molar-refractivity contribution in [3.05, 3.63) is 29.6 Å². The molecular formula is C10H13FN2O3. The number of aliphatic carboxylic acids is 1. The second-order valence-corrected chi connectivity index (χ2v) is 3.47. The molecule has 0 fully saturated rings. The zero-order chi connectivity index (χ0) is 12.3. The van der Waals surface area contributed by atoms with Crippen LogP contribution in [-0.2, 0) is 4.79 Å². The topological polar surface area (TPSA) is 110 Å². The molecule has 0 radical (unpaired) electrons. The van der Waals surface area contributed by atoms with E-state index < -0.39 is 23.9 Å². The van der Waals surface area contributed by atoms with E-state index >= 15 is 0 Å². The largest absolute Gasteiger partial charge is 0.480 e. The molecule has 0 spiro atoms. The van der Waals surface area contributed by atoms with Gasteiger partial charge in [-0.1, -0.05) is 6.07 Å². The molecule has 0 saturated heterocycles. The summed E-state index contributed by atoms with van der Waals surface area (Å²) in [6.45, 7) is 0. The lowest BCUT2D eigenvalue weighted by molar-refractivity contribution is -0.139. The Kier molecular flexibility index (Phi) is 3.81. The highest BCUT2D eigenvalue weighted by atomic mass is 19.1. The number of aliphatic hydroxyl groups excluding tert-OH is 1. The second-order valence-electron chi connectivity index (χ2n) is 3.47. The summed E-state index contributed by atoms with van der Waals surface area (Å²) in [5, 5.41) is 18.2. The fraction of sp³-hybridized carbons (Fsp3) is 0.300. The van der Waals surface area contributed by atoms with Crippen LogP contribution in [0.5, 0.6) is 0 Å². The Morgan fingerprint density at radius 3 is 2.62 bits per heavy atom. The fourth-order valence-electron chi connectivity index (χ4n) is 1.32. The molecule has 0 unspecified atom stereocenters. The molecule has 6 heteroatoms. The quantitative estimate of drug-likeness (QED) is 0.552. The van der Waals surface area contributed by atoms with Gasteiger partial charge in [0.25, 0.3) is 0 Å². The lowest BCUT2D eigenvalue weighted by atomic mass is 10.0. The molecule has 0 bridgehead atoms. The fourth-order valence-corrected chi connectivity index (χ4v) is 1.32. The van der Waals surface area contributed by atoms with Gasteiger partial charge in [-0.3, -0.25) is 4.79 Å². The van der Waals surface area contributed by atoms with Crippen LogP contribution in [0.2, 0.25) is 0 Å². The highest BCUT2D eigenvalue weighted by Gasteiger charge is 2.19. The molecule has 0 amide bonds. The third kappa shape index (κ3) is 2.91. The number of nitrogen functional groups attached to an aromatic ring is 1. The van der Waals surface area contributed by atoms with E-state index in [-0.39, 0.29) is 17.7 Å². The maximum absolute atomic E-state index is 12.7. The molecule has 1 aromatic rings. The van der Waals surface area contributed by atoms with Gasteiger partial charge in [0.15, 0.2) is 0 Å². The number of hydrogen-bond donors (Lipinski definition) is 4. The Morgan fingerprint density at radius 2 is 2.12 bits per heavy atom. The molecule has 0 saturated carbocycles. The van der Waals surface area contributed by atoms with Gasteiger partial charge >= 0.3 is 5.97 Å². The molecule has 16 heavy (non-hydrogen) atoms. The number of carboxylic acids is 1. The van der Waals surface area contributed by atoms with E-state index in [2.05, 4.69) is 0 Å². The van der Waals surface area contributed by atoms with Gasteiger partial charge in [0, 0.05) is 17.7 Å². The summed E-state index contributed by atoms with van der Waals surface area (Å²) < 4.78 is 12.7. The minimum atomic E-state index is -1.21. The van der Waals surface area contributed by atoms with Crippen molar-refractivity contribution in [3.63, 3.8) is 0 Å². The first-order valence-electron chi connectivity index (χ1n) is 4.63. The highest BCUT2D eigenvalue weighted by Crippen LogP contribution is 2.24. The average molecular weight is 228 g/mol. The third-order valence-electron chi connectivity index (χ3n) is 2.20. The van der Waals surface area contributed by atoms with Crippen LogP contribution < -0.4 is 11.5 Å². The van der Waals surface area contributed by atoms with Crippen molar-refractivity contribution in [1.82, 2.24) is 0 Å². The van der Waals surface area contributed by atoms with Gasteiger partial charge in [0.05, 0.1) is 6.10 Å². The van der Waals surface area contributed by atoms with Crippen molar-refractivity contribution >= 4 is 11.7 Å². The van der Waals surface area contributed by atoms with E-state index in [0.29, 0.717) is 0 Å². The summed E-state index contributed by atoms with van der Waals surface area (Å²) in [6, 6.07) is 2.33. The van der Waals surface area contributed by atoms with Gasteiger partial charge in [-0.15, -0.1) is 0 Å². The van der Waals surface area contributed by atoms with E-state index in [1.54, 1.807) is 0 Å². The SMILES string of the molecule is Nc1cc(F)ccc1[C@@H](O)C[C@H](N)C(=O)O. The second kappa shape index (κ2) is 4.91. The maximum Gasteiger partial charge on any atom is 0.320 e. The van der Waals surface area contributed by atoms with Crippen LogP contribution in [0.1, 0.15) is 18.1 Å². The number of carbonyl (C=O) groups is 1. The number of nitrogens with two attached hydrogens (primary N) is 2. The van der Waals surface area contributed by atoms with Gasteiger partial charge in [-0.05, 0) is 12.1 Å². The number of rotatable bonds is 4. The van der Waals surface area contributed by atoms with Crippen LogP contribution in [0.15, 0.2) is 18.2 Å². The van der Waals surface area contributed by atoms with Gasteiger partial charge in [0.1, 0.15) is 11.9 Å². The molecule has 6 N–H and O–H groups in total. The monoisotopic (exact) mass is 228 g/mol. The number of carboxylic acid groups (broad SMARTS) is 1. The van der Waals surface area contributed by atoms with Crippen LogP contribution in [0.25, 0.3) is 0 Å². The molecule has 1 rings (SSSR count). The molecule has 2 atom stereocenters. The summed E-state index contributed by atoms with van der Waals surface area (Å²) >= 11 is 0. The first-order chi connectivity index (χ1) is 7.41. The van der Waals surface area contributed by atoms with E-state index in [1.807, 2.05) is 0 Å². The smallest absolute Gasteiger partial charge is 0.320 e. The van der Waals surface area contributed by atoms with E-state index in [4.69, 9.17) is 16.6 Å². The van der Waals surface area contributed by atoms with Crippen molar-refractivity contribution in [2.45, 2.75) is 18.6 Å². The Bertz CT molecular complexity index is 398. The van der Waals surface area contributed by atoms with Crippen molar-refractivity contribution in [3.8, 4) is 0 Å². The molecule has 0 aromatic heterocycles. The molecule has 88 valence electrons. The molecule has 0 aliphatic rings. The summed E-state index contributed by atoms with van der Waals surface area (Å²) in [5.74, 6) is -1.73. The van der Waals surface area contributed by atoms with Gasteiger partial charge in [0.2, 0.25) is 0 Å². The number of hydrogen-bond acceptors (Lipinski definition) is 4. The zero-order valence-corrected chi connectivity index (χ0v) is 8.43. The Hall–Kier alpha value is -1.66. The first kappa shape index (κ1) is 12.4. The zero-order valence-electron chi connectivity index (χ0n) is 8.43. The first-order valence-corrected chi connectivity index (χ1v) is 4.63. The normalized spacial score (nSPS) is 14.4. The van der Waals surface area contributed by atoms with E-state index in [9.17, 15) is 14.3 Å². The van der Waals surface area contributed by atoms with Crippen molar-refractivity contribution < 1.29 is 19.4 Å². The minimum absolute atomic E-state index is 0.0742. The van der Waals surface area contributed by atoms with Gasteiger partial charge in [-0.25, -0.2) is 4.39 Å². The predicted octanol–water partition coefficient (Wildman–Crippen LogP) is 0.243. The van der Waals surface area contributed by atoms with Crippen molar-refractivity contribution in [2.24, 2.45) is 5.73 Å². The van der Waals surface area contributed by atoms with Crippen LogP contribution in [0.4, 0.5) is 10.1 Å². The maximum atomic E-state index is 12.7. The van der Waals surface area contributed by atoms with Gasteiger partial charge < -0.3 is 21.7 Å². The summed E-state index contributed by atoms with van der Waals surface area (Å²) in [7, 11) is 0. The Balaban J connectivity index is 2.80. The molecule has 1 aromatic carbocycles. The highest BCUT2D eigenvalue weighted by molar-refractivity contribution is 5.73. The third-order valence-corrected chi connectivity index (χ3v) is 2.20. The predicted molar refractivity (Wildman–Crippen MR) is 56.0 cm³/mol. The Labute approximate surface area is 91.5 Å². The average Bonchev–Trinajstić information content (AvgIpc) is 2.16. The van der Waals surface area contributed by atoms with Crippen LogP contribution in [0, 0.1) is 5.82 Å². The number of aliphatic hydroxyl groups is 1. The molecule has 0 aliphatic heterocycles. The molecule has 0 aliphatic carbocycles. The van der Waals surface area contributed by atoms with Crippen molar-refractivity contribution in [2.75, 3.05) is 5.73 Å². The van der Waals surface area contributed by atoms with E-state index in [1.165, 1.54) is 6.07 Å². The molecule has 0 heterocycles. The Morgan fingerprint density at radius 1 is 1.50 bits per heavy atom. The van der Waals surface area contributed by atoms with Gasteiger partial charge in [-0.2, -0.15) is 0 Å². The van der Waals surface area contributed by atoms with Crippen LogP contribution in [-0.4, -0.2) is 22.2 Å². The number of anilines is 1. The minimum Gasteiger partial charge on any atom is -0.480 e. The summed E-state index contributed by atoms with van der Waals surface area (Å²) in [5.41, 5.74) is 11.1. The molecule has 5 nitrogen and oxygen atoms in total. The van der Waals surface area contributed by atoms with Crippen LogP contribution >= 0.6 is 0 Å². The lowest BCUT2D eigenvalue weighted by Gasteiger charge is -2.15. The van der Waals surface area contributed by atoms with E-state index in [0.717, 1.165) is 12.1 Å². The summed E-state index contributed by atoms with van der Waals surface area (Å²) in [6.07, 6.45) is -1.29.